The van der Waals surface area contributed by atoms with Gasteiger partial charge >= 0.3 is 5.69 Å². The molecule has 0 aliphatic carbocycles. The molecule has 88 valence electrons. The van der Waals surface area contributed by atoms with Crippen molar-refractivity contribution in [3.05, 3.63) is 25.6 Å². The molecule has 0 spiro atoms. The van der Waals surface area contributed by atoms with Gasteiger partial charge in [-0.1, -0.05) is 5.92 Å². The van der Waals surface area contributed by atoms with Crippen molar-refractivity contribution in [3.63, 3.8) is 0 Å². The second-order valence-corrected chi connectivity index (χ2v) is 4.14. The molecule has 2 heterocycles. The molecule has 0 unspecified atom stereocenters. The van der Waals surface area contributed by atoms with Crippen molar-refractivity contribution in [2.24, 2.45) is 7.05 Å². The molecule has 0 amide bonds. The normalized spacial score (nSPS) is 10.3. The number of H-pyrrole nitrogens is 1. The molecule has 0 saturated heterocycles. The second-order valence-electron chi connectivity index (χ2n) is 3.39. The number of aryl methyl sites for hydroxylation is 1. The van der Waals surface area contributed by atoms with Gasteiger partial charge in [0.25, 0.3) is 5.56 Å². The predicted octanol–water partition coefficient (Wildman–Crippen LogP) is 0.209. The minimum Gasteiger partial charge on any atom is -0.327 e. The van der Waals surface area contributed by atoms with Gasteiger partial charge in [-0.15, -0.1) is 5.92 Å². The number of nitrogens with one attached hydrogen (secondary N) is 1. The third-order valence-electron chi connectivity index (χ3n) is 2.36. The van der Waals surface area contributed by atoms with Crippen LogP contribution in [0.1, 0.15) is 6.92 Å². The zero-order valence-corrected chi connectivity index (χ0v) is 10.8. The van der Waals surface area contributed by atoms with Gasteiger partial charge in [-0.2, -0.15) is 0 Å². The number of aromatic nitrogens is 4. The van der Waals surface area contributed by atoms with Crippen LogP contribution in [0, 0.1) is 11.8 Å². The van der Waals surface area contributed by atoms with E-state index in [9.17, 15) is 9.59 Å². The molecule has 0 aliphatic heterocycles. The fraction of sp³-hybridized carbons (Fsp3) is 0.300. The molecule has 17 heavy (non-hydrogen) atoms. The van der Waals surface area contributed by atoms with Gasteiger partial charge in [0.15, 0.2) is 15.9 Å². The molecule has 0 bridgehead atoms. The molecular formula is C10H9BrN4O2. The minimum absolute atomic E-state index is 0.0780. The number of imidazole rings is 1. The van der Waals surface area contributed by atoms with Gasteiger partial charge in [-0.25, -0.2) is 14.3 Å². The predicted molar refractivity (Wildman–Crippen MR) is 66.7 cm³/mol. The van der Waals surface area contributed by atoms with E-state index in [2.05, 4.69) is 37.7 Å². The summed E-state index contributed by atoms with van der Waals surface area (Å²) in [6, 6.07) is 0. The highest BCUT2D eigenvalue weighted by Crippen LogP contribution is 2.08. The highest BCUT2D eigenvalue weighted by molar-refractivity contribution is 9.10. The van der Waals surface area contributed by atoms with Crippen LogP contribution in [0.15, 0.2) is 14.3 Å². The largest absolute Gasteiger partial charge is 0.333 e. The van der Waals surface area contributed by atoms with E-state index in [1.807, 2.05) is 0 Å². The molecule has 0 aromatic carbocycles. The van der Waals surface area contributed by atoms with Gasteiger partial charge in [0.2, 0.25) is 0 Å². The summed E-state index contributed by atoms with van der Waals surface area (Å²) in [6.07, 6.45) is 0. The van der Waals surface area contributed by atoms with Crippen LogP contribution in [0.25, 0.3) is 11.2 Å². The van der Waals surface area contributed by atoms with Crippen molar-refractivity contribution in [1.29, 1.82) is 0 Å². The average Bonchev–Trinajstić information content (AvgIpc) is 2.69. The SMILES string of the molecule is CC#CCn1c(=O)c2[nH]c(Br)nc2n(C)c1=O. The lowest BCUT2D eigenvalue weighted by molar-refractivity contribution is 0.676. The third-order valence-corrected chi connectivity index (χ3v) is 2.74. The molecule has 0 fully saturated rings. The van der Waals surface area contributed by atoms with Crippen molar-refractivity contribution >= 4 is 27.1 Å². The Labute approximate surface area is 104 Å². The zero-order valence-electron chi connectivity index (χ0n) is 9.24. The molecule has 0 radical (unpaired) electrons. The van der Waals surface area contributed by atoms with E-state index in [0.717, 1.165) is 4.57 Å². The minimum atomic E-state index is -0.427. The molecule has 6 nitrogen and oxygen atoms in total. The highest BCUT2D eigenvalue weighted by Gasteiger charge is 2.13. The first-order valence-corrected chi connectivity index (χ1v) is 5.60. The summed E-state index contributed by atoms with van der Waals surface area (Å²) >= 11 is 3.14. The number of aromatic amines is 1. The maximum atomic E-state index is 12.0. The van der Waals surface area contributed by atoms with Crippen LogP contribution in [0.3, 0.4) is 0 Å². The van der Waals surface area contributed by atoms with E-state index in [4.69, 9.17) is 0 Å². The quantitative estimate of drug-likeness (QED) is 0.604. The van der Waals surface area contributed by atoms with E-state index in [1.54, 1.807) is 14.0 Å². The molecule has 1 N–H and O–H groups in total. The van der Waals surface area contributed by atoms with Crippen molar-refractivity contribution in [2.45, 2.75) is 13.5 Å². The Balaban J connectivity index is 2.89. The summed E-state index contributed by atoms with van der Waals surface area (Å²) in [5.41, 5.74) is -0.224. The zero-order chi connectivity index (χ0) is 12.6. The lowest BCUT2D eigenvalue weighted by Gasteiger charge is -2.03. The van der Waals surface area contributed by atoms with E-state index in [-0.39, 0.29) is 12.1 Å². The van der Waals surface area contributed by atoms with Gasteiger partial charge in [-0.05, 0) is 22.9 Å². The summed E-state index contributed by atoms with van der Waals surface area (Å²) in [6.45, 7) is 1.73. The first-order valence-electron chi connectivity index (χ1n) is 4.81. The Bertz CT molecular complexity index is 757. The van der Waals surface area contributed by atoms with Crippen LogP contribution in [0.5, 0.6) is 0 Å². The molecule has 2 aromatic heterocycles. The van der Waals surface area contributed by atoms with Crippen LogP contribution in [0.4, 0.5) is 0 Å². The lowest BCUT2D eigenvalue weighted by Crippen LogP contribution is -2.38. The van der Waals surface area contributed by atoms with Gasteiger partial charge in [0, 0.05) is 7.05 Å². The maximum absolute atomic E-state index is 12.0. The van der Waals surface area contributed by atoms with Gasteiger partial charge in [0.1, 0.15) is 0 Å². The fourth-order valence-electron chi connectivity index (χ4n) is 1.52. The summed E-state index contributed by atoms with van der Waals surface area (Å²) in [5, 5.41) is 0. The average molecular weight is 297 g/mol. The Hall–Kier alpha value is -1.81. The topological polar surface area (TPSA) is 72.7 Å². The molecule has 0 aliphatic rings. The Kier molecular flexibility index (Phi) is 2.90. The number of hydrogen-bond donors (Lipinski definition) is 1. The Morgan fingerprint density at radius 2 is 2.18 bits per heavy atom. The number of fused-ring (bicyclic) bond motifs is 1. The summed E-state index contributed by atoms with van der Waals surface area (Å²) in [7, 11) is 1.56. The Morgan fingerprint density at radius 1 is 1.47 bits per heavy atom. The van der Waals surface area contributed by atoms with E-state index >= 15 is 0 Å². The standard InChI is InChI=1S/C10H9BrN4O2/c1-3-4-5-15-8(16)6-7(13-9(11)12-6)14(2)10(15)17/h5H2,1-2H3,(H,12,13). The van der Waals surface area contributed by atoms with Crippen LogP contribution < -0.4 is 11.2 Å². The van der Waals surface area contributed by atoms with Gasteiger partial charge < -0.3 is 4.98 Å². The summed E-state index contributed by atoms with van der Waals surface area (Å²) < 4.78 is 2.80. The van der Waals surface area contributed by atoms with Crippen LogP contribution >= 0.6 is 15.9 Å². The molecular weight excluding hydrogens is 288 g/mol. The van der Waals surface area contributed by atoms with Crippen molar-refractivity contribution < 1.29 is 0 Å². The molecule has 2 rings (SSSR count). The number of rotatable bonds is 1. The smallest absolute Gasteiger partial charge is 0.327 e. The van der Waals surface area contributed by atoms with Crippen LogP contribution in [-0.4, -0.2) is 19.1 Å². The summed E-state index contributed by atoms with van der Waals surface area (Å²) in [5.74, 6) is 5.35. The monoisotopic (exact) mass is 296 g/mol. The van der Waals surface area contributed by atoms with Gasteiger partial charge in [0.05, 0.1) is 6.54 Å². The number of hydrogen-bond acceptors (Lipinski definition) is 3. The first-order chi connectivity index (χ1) is 8.06. The first kappa shape index (κ1) is 11.7. The van der Waals surface area contributed by atoms with E-state index in [1.165, 1.54) is 4.57 Å². The number of nitrogens with zero attached hydrogens (tertiary/aromatic N) is 3. The van der Waals surface area contributed by atoms with E-state index < -0.39 is 11.2 Å². The second kappa shape index (κ2) is 4.22. The van der Waals surface area contributed by atoms with Crippen LogP contribution in [0.2, 0.25) is 0 Å². The molecule has 7 heteroatoms. The Morgan fingerprint density at radius 3 is 2.82 bits per heavy atom. The summed E-state index contributed by atoms with van der Waals surface area (Å²) in [4.78, 5) is 30.7. The molecule has 0 saturated carbocycles. The van der Waals surface area contributed by atoms with Gasteiger partial charge in [-0.3, -0.25) is 9.36 Å². The lowest BCUT2D eigenvalue weighted by atomic mass is 10.5. The highest BCUT2D eigenvalue weighted by atomic mass is 79.9. The molecule has 0 atom stereocenters. The third kappa shape index (κ3) is 1.80. The molecule has 2 aromatic rings. The maximum Gasteiger partial charge on any atom is 0.333 e. The number of halogens is 1. The van der Waals surface area contributed by atoms with Crippen LogP contribution in [-0.2, 0) is 13.6 Å². The van der Waals surface area contributed by atoms with Crippen molar-refractivity contribution in [2.75, 3.05) is 0 Å². The van der Waals surface area contributed by atoms with Crippen molar-refractivity contribution in [1.82, 2.24) is 19.1 Å². The fourth-order valence-corrected chi connectivity index (χ4v) is 1.88. The van der Waals surface area contributed by atoms with E-state index in [0.29, 0.717) is 10.4 Å². The van der Waals surface area contributed by atoms with Crippen molar-refractivity contribution in [3.8, 4) is 11.8 Å².